The van der Waals surface area contributed by atoms with Gasteiger partial charge < -0.3 is 0 Å². The minimum Gasteiger partial charge on any atom is -0.121 e. The molecule has 2 aromatic carbocycles. The smallest absolute Gasteiger partial charge is 0.0231 e. The molecule has 1 radical (unpaired) electrons. The van der Waals surface area contributed by atoms with Crippen molar-refractivity contribution in [1.82, 2.24) is 0 Å². The molecule has 0 saturated carbocycles. The SMILES string of the molecule is [CH2]Cc1ccc(SCc2ccccc2)cc1. The summed E-state index contributed by atoms with van der Waals surface area (Å²) in [6, 6.07) is 19.2. The van der Waals surface area contributed by atoms with Crippen LogP contribution < -0.4 is 0 Å². The maximum Gasteiger partial charge on any atom is 0.0231 e. The van der Waals surface area contributed by atoms with Gasteiger partial charge in [-0.25, -0.2) is 0 Å². The zero-order valence-electron chi connectivity index (χ0n) is 9.23. The Bertz CT molecular complexity index is 417. The first-order valence-corrected chi connectivity index (χ1v) is 6.42. The first kappa shape index (κ1) is 11.3. The summed E-state index contributed by atoms with van der Waals surface area (Å²) in [6.45, 7) is 3.87. The Kier molecular flexibility index (Phi) is 4.06. The summed E-state index contributed by atoms with van der Waals surface area (Å²) in [6.07, 6.45) is 0.865. The van der Waals surface area contributed by atoms with Crippen LogP contribution in [0.4, 0.5) is 0 Å². The highest BCUT2D eigenvalue weighted by atomic mass is 32.2. The van der Waals surface area contributed by atoms with Gasteiger partial charge in [0.25, 0.3) is 0 Å². The van der Waals surface area contributed by atoms with E-state index in [1.54, 1.807) is 0 Å². The second kappa shape index (κ2) is 5.76. The number of hydrogen-bond donors (Lipinski definition) is 0. The Morgan fingerprint density at radius 1 is 0.812 bits per heavy atom. The van der Waals surface area contributed by atoms with Crippen LogP contribution in [-0.2, 0) is 12.2 Å². The summed E-state index contributed by atoms with van der Waals surface area (Å²) in [5.41, 5.74) is 2.66. The van der Waals surface area contributed by atoms with E-state index in [0.29, 0.717) is 0 Å². The molecule has 81 valence electrons. The predicted octanol–water partition coefficient (Wildman–Crippen LogP) is 4.36. The molecule has 0 N–H and O–H groups in total. The van der Waals surface area contributed by atoms with Crippen LogP contribution in [0.5, 0.6) is 0 Å². The van der Waals surface area contributed by atoms with E-state index in [1.807, 2.05) is 11.8 Å². The van der Waals surface area contributed by atoms with Gasteiger partial charge >= 0.3 is 0 Å². The minimum atomic E-state index is 0.865. The molecule has 0 aliphatic rings. The molecule has 2 rings (SSSR count). The number of rotatable bonds is 4. The average molecular weight is 227 g/mol. The highest BCUT2D eigenvalue weighted by Gasteiger charge is 1.96. The molecule has 0 spiro atoms. The molecule has 0 aromatic heterocycles. The van der Waals surface area contributed by atoms with Crippen molar-refractivity contribution in [2.45, 2.75) is 17.1 Å². The van der Waals surface area contributed by atoms with Crippen LogP contribution in [0.25, 0.3) is 0 Å². The third-order valence-electron chi connectivity index (χ3n) is 2.46. The van der Waals surface area contributed by atoms with Gasteiger partial charge in [-0.3, -0.25) is 0 Å². The van der Waals surface area contributed by atoms with E-state index in [-0.39, 0.29) is 0 Å². The molecule has 0 amide bonds. The van der Waals surface area contributed by atoms with E-state index in [1.165, 1.54) is 16.0 Å². The summed E-state index contributed by atoms with van der Waals surface area (Å²) < 4.78 is 0. The fraction of sp³-hybridized carbons (Fsp3) is 0.133. The fourth-order valence-corrected chi connectivity index (χ4v) is 2.35. The van der Waals surface area contributed by atoms with Crippen LogP contribution in [-0.4, -0.2) is 0 Å². The Hall–Kier alpha value is -1.21. The van der Waals surface area contributed by atoms with Crippen molar-refractivity contribution in [3.63, 3.8) is 0 Å². The van der Waals surface area contributed by atoms with Crippen molar-refractivity contribution in [1.29, 1.82) is 0 Å². The van der Waals surface area contributed by atoms with Gasteiger partial charge in [0.05, 0.1) is 0 Å². The molecule has 0 aliphatic carbocycles. The summed E-state index contributed by atoms with van der Waals surface area (Å²) in [5, 5.41) is 0. The normalized spacial score (nSPS) is 10.3. The summed E-state index contributed by atoms with van der Waals surface area (Å²) in [4.78, 5) is 1.32. The average Bonchev–Trinajstić information content (AvgIpc) is 2.38. The van der Waals surface area contributed by atoms with Crippen molar-refractivity contribution in [3.05, 3.63) is 72.6 Å². The van der Waals surface area contributed by atoms with Crippen LogP contribution in [0, 0.1) is 6.92 Å². The third kappa shape index (κ3) is 3.14. The van der Waals surface area contributed by atoms with Crippen LogP contribution in [0.15, 0.2) is 59.5 Å². The van der Waals surface area contributed by atoms with Gasteiger partial charge in [-0.2, -0.15) is 0 Å². The standard InChI is InChI=1S/C15H15S/c1-2-13-8-10-15(11-9-13)16-12-14-6-4-3-5-7-14/h3-11H,1-2,12H2. The Morgan fingerprint density at radius 2 is 1.50 bits per heavy atom. The lowest BCUT2D eigenvalue weighted by molar-refractivity contribution is 1.24. The van der Waals surface area contributed by atoms with Crippen LogP contribution in [0.3, 0.4) is 0 Å². The number of hydrogen-bond acceptors (Lipinski definition) is 1. The minimum absolute atomic E-state index is 0.865. The molecule has 1 heteroatoms. The lowest BCUT2D eigenvalue weighted by Gasteiger charge is -2.03. The van der Waals surface area contributed by atoms with E-state index in [9.17, 15) is 0 Å². The Balaban J connectivity index is 1.94. The first-order valence-electron chi connectivity index (χ1n) is 5.43. The molecule has 0 unspecified atom stereocenters. The molecule has 16 heavy (non-hydrogen) atoms. The summed E-state index contributed by atoms with van der Waals surface area (Å²) in [5.74, 6) is 1.03. The van der Waals surface area contributed by atoms with E-state index >= 15 is 0 Å². The number of thioether (sulfide) groups is 1. The van der Waals surface area contributed by atoms with Gasteiger partial charge in [0.2, 0.25) is 0 Å². The zero-order chi connectivity index (χ0) is 11.2. The van der Waals surface area contributed by atoms with Gasteiger partial charge in [0.1, 0.15) is 0 Å². The molecule has 0 atom stereocenters. The topological polar surface area (TPSA) is 0 Å². The van der Waals surface area contributed by atoms with Crippen molar-refractivity contribution >= 4 is 11.8 Å². The summed E-state index contributed by atoms with van der Waals surface area (Å²) in [7, 11) is 0. The van der Waals surface area contributed by atoms with E-state index in [4.69, 9.17) is 0 Å². The molecule has 0 bridgehead atoms. The van der Waals surface area contributed by atoms with Gasteiger partial charge in [-0.1, -0.05) is 42.5 Å². The van der Waals surface area contributed by atoms with Gasteiger partial charge in [0.15, 0.2) is 0 Å². The van der Waals surface area contributed by atoms with Gasteiger partial charge in [-0.05, 0) is 36.6 Å². The van der Waals surface area contributed by atoms with Crippen LogP contribution in [0.2, 0.25) is 0 Å². The lowest BCUT2D eigenvalue weighted by Crippen LogP contribution is -1.81. The van der Waals surface area contributed by atoms with Crippen molar-refractivity contribution < 1.29 is 0 Å². The third-order valence-corrected chi connectivity index (χ3v) is 3.54. The van der Waals surface area contributed by atoms with Crippen molar-refractivity contribution in [2.75, 3.05) is 0 Å². The van der Waals surface area contributed by atoms with Gasteiger partial charge in [0, 0.05) is 10.6 Å². The van der Waals surface area contributed by atoms with Crippen molar-refractivity contribution in [3.8, 4) is 0 Å². The van der Waals surface area contributed by atoms with E-state index < -0.39 is 0 Å². The Labute approximate surface area is 102 Å². The van der Waals surface area contributed by atoms with Crippen LogP contribution >= 0.6 is 11.8 Å². The highest BCUT2D eigenvalue weighted by Crippen LogP contribution is 2.22. The Morgan fingerprint density at radius 3 is 2.12 bits per heavy atom. The first-order chi connectivity index (χ1) is 7.88. The molecule has 2 aromatic rings. The van der Waals surface area contributed by atoms with E-state index in [2.05, 4.69) is 61.5 Å². The maximum absolute atomic E-state index is 3.87. The summed E-state index contributed by atoms with van der Waals surface area (Å²) >= 11 is 1.87. The van der Waals surface area contributed by atoms with Gasteiger partial charge in [-0.15, -0.1) is 11.8 Å². The zero-order valence-corrected chi connectivity index (χ0v) is 10.0. The molecule has 0 fully saturated rings. The molecular formula is C15H15S. The second-order valence-corrected chi connectivity index (χ2v) is 4.72. The lowest BCUT2D eigenvalue weighted by atomic mass is 10.2. The van der Waals surface area contributed by atoms with Crippen molar-refractivity contribution in [2.24, 2.45) is 0 Å². The molecule has 0 aliphatic heterocycles. The fourth-order valence-electron chi connectivity index (χ4n) is 1.49. The molecule has 0 nitrogen and oxygen atoms in total. The van der Waals surface area contributed by atoms with Crippen LogP contribution in [0.1, 0.15) is 11.1 Å². The van der Waals surface area contributed by atoms with E-state index in [0.717, 1.165) is 12.2 Å². The monoisotopic (exact) mass is 227 g/mol. The quantitative estimate of drug-likeness (QED) is 0.699. The maximum atomic E-state index is 3.87. The number of benzene rings is 2. The largest absolute Gasteiger partial charge is 0.121 e. The predicted molar refractivity (Wildman–Crippen MR) is 71.5 cm³/mol. The molecular weight excluding hydrogens is 212 g/mol. The highest BCUT2D eigenvalue weighted by molar-refractivity contribution is 7.98. The second-order valence-electron chi connectivity index (χ2n) is 3.67. The molecule has 0 saturated heterocycles. The molecule has 0 heterocycles.